The minimum Gasteiger partial charge on any atom is -0.374 e. The number of rotatable bonds is 19. The maximum atomic E-state index is 9.93. The average Bonchev–Trinajstić information content (AvgIpc) is 2.60. The van der Waals surface area contributed by atoms with Crippen molar-refractivity contribution in [2.75, 3.05) is 26.4 Å². The molecule has 0 rings (SSSR count). The highest BCUT2D eigenvalue weighted by Gasteiger charge is 2.39. The molecule has 0 aromatic heterocycles. The Morgan fingerprint density at radius 3 is 1.48 bits per heavy atom. The Bertz CT molecular complexity index is 318. The summed E-state index contributed by atoms with van der Waals surface area (Å²) in [5, 5.41) is 0. The lowest BCUT2D eigenvalue weighted by atomic mass is 10.1. The van der Waals surface area contributed by atoms with Crippen molar-refractivity contribution in [1.82, 2.24) is 0 Å². The van der Waals surface area contributed by atoms with Crippen LogP contribution < -0.4 is 0 Å². The third kappa shape index (κ3) is 14.3. The van der Waals surface area contributed by atoms with Crippen molar-refractivity contribution in [3.05, 3.63) is 0 Å². The fourth-order valence-electron chi connectivity index (χ4n) is 2.99. The summed E-state index contributed by atoms with van der Waals surface area (Å²) >= 11 is 0. The van der Waals surface area contributed by atoms with Gasteiger partial charge in [-0.25, -0.2) is 9.79 Å². The van der Waals surface area contributed by atoms with E-state index >= 15 is 0 Å². The van der Waals surface area contributed by atoms with E-state index in [1.54, 1.807) is 6.08 Å². The van der Waals surface area contributed by atoms with E-state index in [2.05, 4.69) is 4.99 Å². The van der Waals surface area contributed by atoms with Crippen LogP contribution in [0.15, 0.2) is 4.99 Å². The molecule has 6 heteroatoms. The molecule has 0 aliphatic rings. The van der Waals surface area contributed by atoms with Crippen LogP contribution in [-0.4, -0.2) is 41.2 Å². The third-order valence-corrected chi connectivity index (χ3v) is 7.31. The summed E-state index contributed by atoms with van der Waals surface area (Å²) in [6, 6.07) is 0.936. The normalized spacial score (nSPS) is 11.5. The molecule has 0 radical (unpaired) electrons. The maximum Gasteiger partial charge on any atom is 0.500 e. The Morgan fingerprint density at radius 2 is 1.08 bits per heavy atom. The largest absolute Gasteiger partial charge is 0.500 e. The summed E-state index contributed by atoms with van der Waals surface area (Å²) in [4.78, 5) is 13.5. The second-order valence-corrected chi connectivity index (χ2v) is 8.97. The smallest absolute Gasteiger partial charge is 0.374 e. The second-order valence-electron chi connectivity index (χ2n) is 6.24. The first kappa shape index (κ1) is 24.5. The standard InChI is InChI=1S/C19H39NO4Si/c1-4-22-25(23-5-2,24-6-3)18-16-14-12-10-8-7-9-11-13-15-17-20-19-21/h4-18H2,1-3H3. The van der Waals surface area contributed by atoms with E-state index in [-0.39, 0.29) is 0 Å². The molecule has 0 unspecified atom stereocenters. The SMILES string of the molecule is CCO[Si](CCCCCCCCCCCCN=C=O)(OCC)OCC. The molecule has 0 saturated heterocycles. The predicted octanol–water partition coefficient (Wildman–Crippen LogP) is 5.27. The molecule has 0 aromatic carbocycles. The van der Waals surface area contributed by atoms with Crippen molar-refractivity contribution in [2.24, 2.45) is 4.99 Å². The molecule has 0 atom stereocenters. The van der Waals surface area contributed by atoms with Gasteiger partial charge in [0.25, 0.3) is 0 Å². The number of aliphatic imine (C=N–C) groups is 1. The lowest BCUT2D eigenvalue weighted by molar-refractivity contribution is 0.0706. The number of hydrogen-bond acceptors (Lipinski definition) is 5. The topological polar surface area (TPSA) is 57.1 Å². The Morgan fingerprint density at radius 1 is 0.680 bits per heavy atom. The first-order valence-electron chi connectivity index (χ1n) is 10.2. The summed E-state index contributed by atoms with van der Waals surface area (Å²) in [5.41, 5.74) is 0. The van der Waals surface area contributed by atoms with Crippen LogP contribution in [0.5, 0.6) is 0 Å². The van der Waals surface area contributed by atoms with Crippen LogP contribution >= 0.6 is 0 Å². The molecular weight excluding hydrogens is 334 g/mol. The highest BCUT2D eigenvalue weighted by Crippen LogP contribution is 2.21. The van der Waals surface area contributed by atoms with Crippen molar-refractivity contribution in [2.45, 2.75) is 91.0 Å². The number of nitrogens with zero attached hydrogens (tertiary/aromatic N) is 1. The van der Waals surface area contributed by atoms with Crippen molar-refractivity contribution < 1.29 is 18.1 Å². The third-order valence-electron chi connectivity index (χ3n) is 4.16. The quantitative estimate of drug-likeness (QED) is 0.134. The summed E-state index contributed by atoms with van der Waals surface area (Å²) in [5.74, 6) is 0. The van der Waals surface area contributed by atoms with Crippen LogP contribution in [0.1, 0.15) is 85.0 Å². The van der Waals surface area contributed by atoms with Crippen LogP contribution in [0.2, 0.25) is 6.04 Å². The molecule has 5 nitrogen and oxygen atoms in total. The van der Waals surface area contributed by atoms with Crippen LogP contribution in [0.3, 0.4) is 0 Å². The molecule has 0 spiro atoms. The van der Waals surface area contributed by atoms with Gasteiger partial charge >= 0.3 is 8.80 Å². The summed E-state index contributed by atoms with van der Waals surface area (Å²) in [6.07, 6.45) is 13.9. The first-order chi connectivity index (χ1) is 12.2. The molecule has 0 heterocycles. The maximum absolute atomic E-state index is 9.93. The van der Waals surface area contributed by atoms with Gasteiger partial charge in [-0.3, -0.25) is 0 Å². The average molecular weight is 374 g/mol. The monoisotopic (exact) mass is 373 g/mol. The molecule has 0 N–H and O–H groups in total. The van der Waals surface area contributed by atoms with Crippen molar-refractivity contribution >= 4 is 14.9 Å². The molecule has 0 bridgehead atoms. The highest BCUT2D eigenvalue weighted by atomic mass is 28.4. The van der Waals surface area contributed by atoms with Gasteiger partial charge in [0.2, 0.25) is 6.08 Å². The van der Waals surface area contributed by atoms with E-state index in [1.165, 1.54) is 51.4 Å². The minimum absolute atomic E-state index is 0.638. The van der Waals surface area contributed by atoms with Gasteiger partial charge < -0.3 is 13.3 Å². The molecule has 148 valence electrons. The zero-order chi connectivity index (χ0) is 18.6. The van der Waals surface area contributed by atoms with Crippen molar-refractivity contribution in [1.29, 1.82) is 0 Å². The predicted molar refractivity (Wildman–Crippen MR) is 105 cm³/mol. The van der Waals surface area contributed by atoms with Crippen LogP contribution in [0.25, 0.3) is 0 Å². The first-order valence-corrected chi connectivity index (χ1v) is 12.1. The Labute approximate surface area is 155 Å². The summed E-state index contributed by atoms with van der Waals surface area (Å²) in [6.45, 7) is 8.65. The highest BCUT2D eigenvalue weighted by molar-refractivity contribution is 6.60. The minimum atomic E-state index is -2.43. The number of unbranched alkanes of at least 4 members (excludes halogenated alkanes) is 9. The van der Waals surface area contributed by atoms with Crippen LogP contribution in [-0.2, 0) is 18.1 Å². The van der Waals surface area contributed by atoms with Gasteiger partial charge in [-0.1, -0.05) is 51.4 Å². The molecule has 0 aliphatic carbocycles. The summed E-state index contributed by atoms with van der Waals surface area (Å²) < 4.78 is 17.7. The van der Waals surface area contributed by atoms with E-state index in [0.29, 0.717) is 26.4 Å². The van der Waals surface area contributed by atoms with Crippen LogP contribution in [0, 0.1) is 0 Å². The fraction of sp³-hybridized carbons (Fsp3) is 0.947. The second kappa shape index (κ2) is 18.3. The van der Waals surface area contributed by atoms with Crippen molar-refractivity contribution in [3.8, 4) is 0 Å². The molecule has 0 aromatic rings. The molecule has 0 aliphatic heterocycles. The van der Waals surface area contributed by atoms with E-state index in [1.807, 2.05) is 20.8 Å². The van der Waals surface area contributed by atoms with Gasteiger partial charge in [-0.15, -0.1) is 0 Å². The van der Waals surface area contributed by atoms with Gasteiger partial charge in [0, 0.05) is 25.9 Å². The van der Waals surface area contributed by atoms with Gasteiger partial charge in [0.05, 0.1) is 6.54 Å². The number of hydrogen-bond donors (Lipinski definition) is 0. The van der Waals surface area contributed by atoms with E-state index < -0.39 is 8.80 Å². The number of carbonyl (C=O) groups excluding carboxylic acids is 1. The molecule has 0 amide bonds. The molecule has 25 heavy (non-hydrogen) atoms. The van der Waals surface area contributed by atoms with Crippen molar-refractivity contribution in [3.63, 3.8) is 0 Å². The molecule has 0 saturated carbocycles. The fourth-order valence-corrected chi connectivity index (χ4v) is 5.68. The lowest BCUT2D eigenvalue weighted by Gasteiger charge is -2.28. The van der Waals surface area contributed by atoms with Gasteiger partial charge in [0.15, 0.2) is 0 Å². The zero-order valence-electron chi connectivity index (χ0n) is 16.7. The van der Waals surface area contributed by atoms with Gasteiger partial charge in [0.1, 0.15) is 0 Å². The van der Waals surface area contributed by atoms with E-state index in [0.717, 1.165) is 18.9 Å². The lowest BCUT2D eigenvalue weighted by Crippen LogP contribution is -2.45. The number of isocyanates is 1. The van der Waals surface area contributed by atoms with Gasteiger partial charge in [-0.2, -0.15) is 0 Å². The Balaban J connectivity index is 3.60. The van der Waals surface area contributed by atoms with Gasteiger partial charge in [-0.05, 0) is 33.6 Å². The van der Waals surface area contributed by atoms with Crippen LogP contribution in [0.4, 0.5) is 0 Å². The Hall–Kier alpha value is -0.523. The molecular formula is C19H39NO4Si. The van der Waals surface area contributed by atoms with E-state index in [9.17, 15) is 4.79 Å². The van der Waals surface area contributed by atoms with E-state index in [4.69, 9.17) is 13.3 Å². The zero-order valence-corrected chi connectivity index (χ0v) is 17.7. The summed E-state index contributed by atoms with van der Waals surface area (Å²) in [7, 11) is -2.43. The molecule has 0 fully saturated rings. The Kier molecular flexibility index (Phi) is 17.9.